The molecule has 0 saturated carbocycles. The van der Waals surface area contributed by atoms with Crippen molar-refractivity contribution in [2.24, 2.45) is 0 Å². The van der Waals surface area contributed by atoms with E-state index in [1.165, 1.54) is 6.07 Å². The van der Waals surface area contributed by atoms with Crippen LogP contribution in [0.2, 0.25) is 10.0 Å². The third kappa shape index (κ3) is 3.29. The summed E-state index contributed by atoms with van der Waals surface area (Å²) in [6.07, 6.45) is 0.396. The van der Waals surface area contributed by atoms with E-state index in [-0.39, 0.29) is 18.0 Å². The van der Waals surface area contributed by atoms with Crippen LogP contribution in [0, 0.1) is 0 Å². The highest BCUT2D eigenvalue weighted by atomic mass is 35.5. The molecule has 2 N–H and O–H groups in total. The zero-order chi connectivity index (χ0) is 16.4. The summed E-state index contributed by atoms with van der Waals surface area (Å²) in [5, 5.41) is 14.4. The topological polar surface area (TPSA) is 58.6 Å². The van der Waals surface area contributed by atoms with Crippen LogP contribution in [0.4, 0.5) is 0 Å². The molecular formula is C17H15Cl2NO3. The van der Waals surface area contributed by atoms with Gasteiger partial charge in [-0.25, -0.2) is 0 Å². The Hall–Kier alpha value is -1.75. The van der Waals surface area contributed by atoms with Gasteiger partial charge in [-0.05, 0) is 24.3 Å². The fourth-order valence-electron chi connectivity index (χ4n) is 2.62. The second-order valence-electron chi connectivity index (χ2n) is 5.43. The number of para-hydroxylation sites is 1. The number of ether oxygens (including phenoxy) is 1. The normalized spacial score (nSPS) is 19.6. The maximum atomic E-state index is 12.3. The molecule has 1 atom stereocenters. The summed E-state index contributed by atoms with van der Waals surface area (Å²) in [7, 11) is 0. The Morgan fingerprint density at radius 1 is 1.26 bits per heavy atom. The minimum absolute atomic E-state index is 0.0645. The Morgan fingerprint density at radius 3 is 2.87 bits per heavy atom. The molecule has 4 nitrogen and oxygen atoms in total. The van der Waals surface area contributed by atoms with E-state index >= 15 is 0 Å². The number of benzene rings is 2. The van der Waals surface area contributed by atoms with Gasteiger partial charge < -0.3 is 15.2 Å². The molecule has 1 heterocycles. The number of nitrogens with one attached hydrogen (secondary N) is 1. The Labute approximate surface area is 144 Å². The summed E-state index contributed by atoms with van der Waals surface area (Å²) >= 11 is 11.9. The van der Waals surface area contributed by atoms with E-state index in [1.807, 2.05) is 12.1 Å². The summed E-state index contributed by atoms with van der Waals surface area (Å²) in [6.45, 7) is 0.455. The Morgan fingerprint density at radius 2 is 2.04 bits per heavy atom. The molecule has 0 saturated heterocycles. The zero-order valence-corrected chi connectivity index (χ0v) is 13.7. The molecule has 0 spiro atoms. The predicted molar refractivity (Wildman–Crippen MR) is 89.2 cm³/mol. The van der Waals surface area contributed by atoms with Crippen molar-refractivity contribution in [3.8, 4) is 5.75 Å². The SMILES string of the molecule is O=C(NC[C@]1(O)CCOc2ccccc21)c1cc(Cl)ccc1Cl. The van der Waals surface area contributed by atoms with Crippen molar-refractivity contribution in [3.05, 3.63) is 63.6 Å². The van der Waals surface area contributed by atoms with Crippen LogP contribution in [0.25, 0.3) is 0 Å². The molecule has 1 aliphatic heterocycles. The lowest BCUT2D eigenvalue weighted by Gasteiger charge is -2.34. The zero-order valence-electron chi connectivity index (χ0n) is 12.2. The average Bonchev–Trinajstić information content (AvgIpc) is 2.55. The molecule has 1 aliphatic rings. The van der Waals surface area contributed by atoms with Crippen molar-refractivity contribution >= 4 is 29.1 Å². The Balaban J connectivity index is 1.78. The third-order valence-electron chi connectivity index (χ3n) is 3.88. The fourth-order valence-corrected chi connectivity index (χ4v) is 2.99. The number of hydrogen-bond acceptors (Lipinski definition) is 3. The number of carbonyl (C=O) groups is 1. The van der Waals surface area contributed by atoms with Crippen LogP contribution in [0.5, 0.6) is 5.75 Å². The van der Waals surface area contributed by atoms with Crippen LogP contribution < -0.4 is 10.1 Å². The fraction of sp³-hybridized carbons (Fsp3) is 0.235. The van der Waals surface area contributed by atoms with E-state index in [0.717, 1.165) is 0 Å². The number of aliphatic hydroxyl groups is 1. The highest BCUT2D eigenvalue weighted by Crippen LogP contribution is 2.36. The largest absolute Gasteiger partial charge is 0.493 e. The molecular weight excluding hydrogens is 337 g/mol. The molecule has 0 unspecified atom stereocenters. The van der Waals surface area contributed by atoms with Crippen molar-refractivity contribution in [2.75, 3.05) is 13.2 Å². The highest BCUT2D eigenvalue weighted by molar-refractivity contribution is 6.35. The number of hydrogen-bond donors (Lipinski definition) is 2. The van der Waals surface area contributed by atoms with Gasteiger partial charge in [-0.3, -0.25) is 4.79 Å². The molecule has 3 rings (SSSR count). The van der Waals surface area contributed by atoms with Crippen molar-refractivity contribution in [1.82, 2.24) is 5.32 Å². The lowest BCUT2D eigenvalue weighted by atomic mass is 9.88. The third-order valence-corrected chi connectivity index (χ3v) is 4.44. The molecule has 0 fully saturated rings. The molecule has 120 valence electrons. The summed E-state index contributed by atoms with van der Waals surface area (Å²) in [6, 6.07) is 12.0. The molecule has 0 radical (unpaired) electrons. The maximum Gasteiger partial charge on any atom is 0.252 e. The van der Waals surface area contributed by atoms with Gasteiger partial charge in [0.15, 0.2) is 0 Å². The Kier molecular flexibility index (Phi) is 4.48. The van der Waals surface area contributed by atoms with Crippen LogP contribution >= 0.6 is 23.2 Å². The minimum Gasteiger partial charge on any atom is -0.493 e. The summed E-state index contributed by atoms with van der Waals surface area (Å²) in [4.78, 5) is 12.3. The standard InChI is InChI=1S/C17H15Cl2NO3/c18-11-5-6-14(19)12(9-11)16(21)20-10-17(22)7-8-23-15-4-2-1-3-13(15)17/h1-6,9,22H,7-8,10H2,(H,20,21)/t17-/m1/s1. The molecule has 6 heteroatoms. The van der Waals surface area contributed by atoms with Crippen LogP contribution in [-0.4, -0.2) is 24.2 Å². The lowest BCUT2D eigenvalue weighted by molar-refractivity contribution is -0.00160. The Bertz CT molecular complexity index is 750. The van der Waals surface area contributed by atoms with Gasteiger partial charge in [0.25, 0.3) is 5.91 Å². The molecule has 1 amide bonds. The maximum absolute atomic E-state index is 12.3. The first-order chi connectivity index (χ1) is 11.0. The van der Waals surface area contributed by atoms with E-state index in [1.54, 1.807) is 24.3 Å². The van der Waals surface area contributed by atoms with E-state index < -0.39 is 5.60 Å². The molecule has 0 aliphatic carbocycles. The minimum atomic E-state index is -1.17. The molecule has 0 aromatic heterocycles. The number of rotatable bonds is 3. The van der Waals surface area contributed by atoms with Gasteiger partial charge in [0.2, 0.25) is 0 Å². The van der Waals surface area contributed by atoms with Crippen molar-refractivity contribution in [2.45, 2.75) is 12.0 Å². The van der Waals surface area contributed by atoms with Gasteiger partial charge in [0.1, 0.15) is 11.4 Å². The molecule has 2 aromatic rings. The van der Waals surface area contributed by atoms with Crippen molar-refractivity contribution < 1.29 is 14.6 Å². The van der Waals surface area contributed by atoms with Gasteiger partial charge in [0.05, 0.1) is 23.7 Å². The number of carbonyl (C=O) groups excluding carboxylic acids is 1. The van der Waals surface area contributed by atoms with Gasteiger partial charge in [-0.2, -0.15) is 0 Å². The highest BCUT2D eigenvalue weighted by Gasteiger charge is 2.35. The lowest BCUT2D eigenvalue weighted by Crippen LogP contribution is -2.44. The number of halogens is 2. The van der Waals surface area contributed by atoms with E-state index in [4.69, 9.17) is 27.9 Å². The predicted octanol–water partition coefficient (Wildman–Crippen LogP) is 3.39. The van der Waals surface area contributed by atoms with Gasteiger partial charge >= 0.3 is 0 Å². The molecule has 2 aromatic carbocycles. The quantitative estimate of drug-likeness (QED) is 0.890. The van der Waals surface area contributed by atoms with Gasteiger partial charge in [0, 0.05) is 17.0 Å². The average molecular weight is 352 g/mol. The molecule has 23 heavy (non-hydrogen) atoms. The van der Waals surface area contributed by atoms with Gasteiger partial charge in [-0.15, -0.1) is 0 Å². The number of fused-ring (bicyclic) bond motifs is 1. The van der Waals surface area contributed by atoms with Crippen molar-refractivity contribution in [3.63, 3.8) is 0 Å². The van der Waals surface area contributed by atoms with Crippen LogP contribution in [0.3, 0.4) is 0 Å². The number of amides is 1. The monoisotopic (exact) mass is 351 g/mol. The van der Waals surface area contributed by atoms with Crippen LogP contribution in [-0.2, 0) is 5.60 Å². The van der Waals surface area contributed by atoms with E-state index in [2.05, 4.69) is 5.32 Å². The summed E-state index contributed by atoms with van der Waals surface area (Å²) in [5.74, 6) is 0.256. The first kappa shape index (κ1) is 16.1. The second kappa shape index (κ2) is 6.40. The smallest absolute Gasteiger partial charge is 0.252 e. The van der Waals surface area contributed by atoms with Gasteiger partial charge in [-0.1, -0.05) is 41.4 Å². The first-order valence-corrected chi connectivity index (χ1v) is 7.93. The summed E-state index contributed by atoms with van der Waals surface area (Å²) in [5.41, 5.74) is -0.220. The van der Waals surface area contributed by atoms with E-state index in [9.17, 15) is 9.90 Å². The molecule has 0 bridgehead atoms. The van der Waals surface area contributed by atoms with E-state index in [0.29, 0.717) is 34.4 Å². The summed E-state index contributed by atoms with van der Waals surface area (Å²) < 4.78 is 5.53. The van der Waals surface area contributed by atoms with Crippen LogP contribution in [0.15, 0.2) is 42.5 Å². The second-order valence-corrected chi connectivity index (χ2v) is 6.28. The van der Waals surface area contributed by atoms with Crippen molar-refractivity contribution in [1.29, 1.82) is 0 Å². The first-order valence-electron chi connectivity index (χ1n) is 7.17. The van der Waals surface area contributed by atoms with Crippen LogP contribution in [0.1, 0.15) is 22.3 Å².